The molecule has 1 aliphatic heterocycles. The molecule has 2 N–H and O–H groups in total. The zero-order valence-electron chi connectivity index (χ0n) is 13.2. The van der Waals surface area contributed by atoms with Crippen molar-refractivity contribution in [2.24, 2.45) is 5.73 Å². The van der Waals surface area contributed by atoms with Gasteiger partial charge in [0, 0.05) is 6.54 Å². The van der Waals surface area contributed by atoms with Gasteiger partial charge in [0.25, 0.3) is 0 Å². The van der Waals surface area contributed by atoms with Crippen LogP contribution in [0.15, 0.2) is 48.5 Å². The summed E-state index contributed by atoms with van der Waals surface area (Å²) in [5.41, 5.74) is 8.04. The molecule has 0 unspecified atom stereocenters. The molecule has 0 aromatic heterocycles. The van der Waals surface area contributed by atoms with Crippen molar-refractivity contribution in [3.8, 4) is 11.5 Å². The number of nitrogens with zero attached hydrogens (tertiary/aromatic N) is 1. The fourth-order valence-electron chi connectivity index (χ4n) is 2.96. The average molecular weight is 312 g/mol. The monoisotopic (exact) mass is 312 g/mol. The van der Waals surface area contributed by atoms with Crippen LogP contribution in [0.4, 0.5) is 0 Å². The number of hydrogen-bond donors (Lipinski definition) is 1. The Morgan fingerprint density at radius 1 is 1.04 bits per heavy atom. The lowest BCUT2D eigenvalue weighted by Gasteiger charge is -2.45. The molecular weight excluding hydrogens is 292 g/mol. The number of amides is 1. The standard InChI is InChI=1S/C18H20N2O3/c1-22-14-9-8-12(10-15(14)23-2)11-20-17(16(19)18(20)21)13-6-4-3-5-7-13/h3-10,16-17H,11,19H2,1-2H3/t16-,17+/m1/s1. The highest BCUT2D eigenvalue weighted by Gasteiger charge is 2.45. The molecule has 1 aliphatic rings. The van der Waals surface area contributed by atoms with E-state index in [1.54, 1.807) is 19.1 Å². The predicted octanol–water partition coefficient (Wildman–Crippen LogP) is 2.11. The van der Waals surface area contributed by atoms with Gasteiger partial charge in [-0.2, -0.15) is 0 Å². The molecule has 23 heavy (non-hydrogen) atoms. The Hall–Kier alpha value is -2.53. The van der Waals surface area contributed by atoms with Gasteiger partial charge in [-0.15, -0.1) is 0 Å². The number of likely N-dealkylation sites (tertiary alicyclic amines) is 1. The number of β-lactam (4-membered cyclic amide) rings is 1. The molecular formula is C18H20N2O3. The van der Waals surface area contributed by atoms with Crippen molar-refractivity contribution in [1.29, 1.82) is 0 Å². The van der Waals surface area contributed by atoms with Crippen LogP contribution in [0.2, 0.25) is 0 Å². The zero-order chi connectivity index (χ0) is 16.4. The smallest absolute Gasteiger partial charge is 0.242 e. The molecule has 1 heterocycles. The number of rotatable bonds is 5. The molecule has 1 fully saturated rings. The van der Waals surface area contributed by atoms with Crippen LogP contribution in [-0.2, 0) is 11.3 Å². The van der Waals surface area contributed by atoms with Gasteiger partial charge in [0.15, 0.2) is 11.5 Å². The molecule has 1 amide bonds. The lowest BCUT2D eigenvalue weighted by atomic mass is 9.88. The Kier molecular flexibility index (Phi) is 4.21. The fraction of sp³-hybridized carbons (Fsp3) is 0.278. The highest BCUT2D eigenvalue weighted by Crippen LogP contribution is 2.36. The molecule has 0 spiro atoms. The number of methoxy groups -OCH3 is 2. The Balaban J connectivity index is 1.83. The van der Waals surface area contributed by atoms with E-state index in [-0.39, 0.29) is 11.9 Å². The third kappa shape index (κ3) is 2.75. The summed E-state index contributed by atoms with van der Waals surface area (Å²) in [6.45, 7) is 0.493. The second kappa shape index (κ2) is 6.30. The van der Waals surface area contributed by atoms with Crippen LogP contribution in [0, 0.1) is 0 Å². The lowest BCUT2D eigenvalue weighted by Crippen LogP contribution is -2.62. The lowest BCUT2D eigenvalue weighted by molar-refractivity contribution is -0.150. The van der Waals surface area contributed by atoms with Crippen molar-refractivity contribution in [1.82, 2.24) is 4.90 Å². The van der Waals surface area contributed by atoms with Gasteiger partial charge in [-0.3, -0.25) is 4.79 Å². The van der Waals surface area contributed by atoms with E-state index in [0.29, 0.717) is 18.0 Å². The van der Waals surface area contributed by atoms with E-state index >= 15 is 0 Å². The van der Waals surface area contributed by atoms with Crippen LogP contribution in [0.1, 0.15) is 17.2 Å². The van der Waals surface area contributed by atoms with Crippen molar-refractivity contribution in [2.75, 3.05) is 14.2 Å². The van der Waals surface area contributed by atoms with Crippen molar-refractivity contribution in [2.45, 2.75) is 18.6 Å². The summed E-state index contributed by atoms with van der Waals surface area (Å²) in [6, 6.07) is 15.0. The summed E-state index contributed by atoms with van der Waals surface area (Å²) in [7, 11) is 3.19. The van der Waals surface area contributed by atoms with E-state index in [4.69, 9.17) is 15.2 Å². The minimum atomic E-state index is -0.474. The first-order valence-electron chi connectivity index (χ1n) is 7.47. The van der Waals surface area contributed by atoms with E-state index in [1.807, 2.05) is 48.5 Å². The second-order valence-electron chi connectivity index (χ2n) is 5.54. The molecule has 2 aromatic rings. The van der Waals surface area contributed by atoms with E-state index in [0.717, 1.165) is 11.1 Å². The molecule has 120 valence electrons. The molecule has 0 radical (unpaired) electrons. The van der Waals surface area contributed by atoms with E-state index in [2.05, 4.69) is 0 Å². The molecule has 5 nitrogen and oxygen atoms in total. The summed E-state index contributed by atoms with van der Waals surface area (Å²) in [5, 5.41) is 0. The first-order chi connectivity index (χ1) is 11.2. The summed E-state index contributed by atoms with van der Waals surface area (Å²) >= 11 is 0. The summed E-state index contributed by atoms with van der Waals surface area (Å²) < 4.78 is 10.6. The van der Waals surface area contributed by atoms with Crippen molar-refractivity contribution < 1.29 is 14.3 Å². The number of nitrogens with two attached hydrogens (primary N) is 1. The van der Waals surface area contributed by atoms with Crippen LogP contribution >= 0.6 is 0 Å². The topological polar surface area (TPSA) is 64.8 Å². The van der Waals surface area contributed by atoms with Gasteiger partial charge in [-0.1, -0.05) is 36.4 Å². The number of benzene rings is 2. The Morgan fingerprint density at radius 3 is 2.39 bits per heavy atom. The molecule has 0 bridgehead atoms. The fourth-order valence-corrected chi connectivity index (χ4v) is 2.96. The van der Waals surface area contributed by atoms with Gasteiger partial charge >= 0.3 is 0 Å². The number of ether oxygens (including phenoxy) is 2. The Morgan fingerprint density at radius 2 is 1.74 bits per heavy atom. The number of carbonyl (C=O) groups excluding carboxylic acids is 1. The third-order valence-electron chi connectivity index (χ3n) is 4.19. The van der Waals surface area contributed by atoms with Gasteiger partial charge in [0.2, 0.25) is 5.91 Å². The maximum atomic E-state index is 12.2. The molecule has 2 aromatic carbocycles. The predicted molar refractivity (Wildman–Crippen MR) is 87.3 cm³/mol. The SMILES string of the molecule is COc1ccc(CN2C(=O)[C@H](N)[C@@H]2c2ccccc2)cc1OC. The quantitative estimate of drug-likeness (QED) is 0.859. The molecule has 1 saturated heterocycles. The van der Waals surface area contributed by atoms with Gasteiger partial charge in [0.05, 0.1) is 20.3 Å². The normalized spacial score (nSPS) is 20.1. The van der Waals surface area contributed by atoms with E-state index < -0.39 is 6.04 Å². The molecule has 5 heteroatoms. The van der Waals surface area contributed by atoms with Gasteiger partial charge in [-0.05, 0) is 23.3 Å². The third-order valence-corrected chi connectivity index (χ3v) is 4.19. The summed E-state index contributed by atoms with van der Waals surface area (Å²) in [6.07, 6.45) is 0. The minimum absolute atomic E-state index is 0.0337. The molecule has 0 saturated carbocycles. The van der Waals surface area contributed by atoms with Crippen LogP contribution in [0.3, 0.4) is 0 Å². The van der Waals surface area contributed by atoms with E-state index in [9.17, 15) is 4.79 Å². The number of hydrogen-bond acceptors (Lipinski definition) is 4. The number of carbonyl (C=O) groups is 1. The summed E-state index contributed by atoms with van der Waals surface area (Å²) in [4.78, 5) is 14.0. The highest BCUT2D eigenvalue weighted by molar-refractivity contribution is 5.89. The first kappa shape index (κ1) is 15.4. The van der Waals surface area contributed by atoms with Crippen molar-refractivity contribution >= 4 is 5.91 Å². The molecule has 0 aliphatic carbocycles. The van der Waals surface area contributed by atoms with Crippen LogP contribution < -0.4 is 15.2 Å². The van der Waals surface area contributed by atoms with Crippen molar-refractivity contribution in [3.05, 3.63) is 59.7 Å². The maximum Gasteiger partial charge on any atom is 0.242 e. The van der Waals surface area contributed by atoms with Gasteiger partial charge in [-0.25, -0.2) is 0 Å². The minimum Gasteiger partial charge on any atom is -0.493 e. The Bertz CT molecular complexity index is 703. The first-order valence-corrected chi connectivity index (χ1v) is 7.47. The zero-order valence-corrected chi connectivity index (χ0v) is 13.2. The maximum absolute atomic E-state index is 12.2. The van der Waals surface area contributed by atoms with Crippen LogP contribution in [-0.4, -0.2) is 31.1 Å². The highest BCUT2D eigenvalue weighted by atomic mass is 16.5. The Labute approximate surface area is 135 Å². The average Bonchev–Trinajstić information content (AvgIpc) is 2.61. The van der Waals surface area contributed by atoms with Gasteiger partial charge < -0.3 is 20.1 Å². The molecule has 2 atom stereocenters. The van der Waals surface area contributed by atoms with Crippen LogP contribution in [0.5, 0.6) is 11.5 Å². The van der Waals surface area contributed by atoms with Gasteiger partial charge in [0.1, 0.15) is 6.04 Å². The van der Waals surface area contributed by atoms with E-state index in [1.165, 1.54) is 0 Å². The second-order valence-corrected chi connectivity index (χ2v) is 5.54. The van der Waals surface area contributed by atoms with Crippen LogP contribution in [0.25, 0.3) is 0 Å². The largest absolute Gasteiger partial charge is 0.493 e. The summed E-state index contributed by atoms with van der Waals surface area (Å²) in [5.74, 6) is 1.29. The molecule has 3 rings (SSSR count). The van der Waals surface area contributed by atoms with Crippen molar-refractivity contribution in [3.63, 3.8) is 0 Å².